The van der Waals surface area contributed by atoms with Crippen molar-refractivity contribution in [2.24, 2.45) is 0 Å². The summed E-state index contributed by atoms with van der Waals surface area (Å²) in [5.41, 5.74) is 5.08. The molecule has 0 saturated carbocycles. The first kappa shape index (κ1) is 17.0. The lowest BCUT2D eigenvalue weighted by Crippen LogP contribution is -1.87. The molecule has 0 aliphatic carbocycles. The molecule has 0 heterocycles. The predicted octanol–water partition coefficient (Wildman–Crippen LogP) is 8.48. The minimum Gasteiger partial charge on any atom is -0.0622 e. The molecule has 0 heteroatoms. The van der Waals surface area contributed by atoms with E-state index in [9.17, 15) is 0 Å². The highest BCUT2D eigenvalue weighted by atomic mass is 14.1. The third-order valence-corrected chi connectivity index (χ3v) is 6.01. The molecule has 0 saturated heterocycles. The van der Waals surface area contributed by atoms with Crippen molar-refractivity contribution in [3.8, 4) is 22.3 Å². The number of benzene rings is 6. The van der Waals surface area contributed by atoms with Gasteiger partial charge in [-0.05, 0) is 72.8 Å². The Morgan fingerprint density at radius 2 is 0.900 bits per heavy atom. The second-order valence-electron chi connectivity index (χ2n) is 7.84. The maximum absolute atomic E-state index is 2.33. The lowest BCUT2D eigenvalue weighted by Gasteiger charge is -2.13. The molecule has 0 amide bonds. The van der Waals surface area contributed by atoms with Crippen LogP contribution in [0.4, 0.5) is 0 Å². The Kier molecular flexibility index (Phi) is 3.89. The summed E-state index contributed by atoms with van der Waals surface area (Å²) < 4.78 is 0. The third kappa shape index (κ3) is 2.77. The van der Waals surface area contributed by atoms with Crippen LogP contribution in [0.5, 0.6) is 0 Å². The van der Waals surface area contributed by atoms with E-state index in [2.05, 4.69) is 121 Å². The molecule has 0 bridgehead atoms. The van der Waals surface area contributed by atoms with Gasteiger partial charge in [-0.3, -0.25) is 0 Å². The van der Waals surface area contributed by atoms with Crippen LogP contribution >= 0.6 is 0 Å². The lowest BCUT2D eigenvalue weighted by molar-refractivity contribution is 1.66. The van der Waals surface area contributed by atoms with Crippen molar-refractivity contribution in [2.45, 2.75) is 0 Å². The number of hydrogen-bond acceptors (Lipinski definition) is 0. The molecule has 0 unspecified atom stereocenters. The number of hydrogen-bond donors (Lipinski definition) is 0. The van der Waals surface area contributed by atoms with Crippen LogP contribution in [0.1, 0.15) is 0 Å². The van der Waals surface area contributed by atoms with Crippen LogP contribution in [-0.2, 0) is 0 Å². The Morgan fingerprint density at radius 3 is 1.73 bits per heavy atom. The van der Waals surface area contributed by atoms with Crippen molar-refractivity contribution < 1.29 is 0 Å². The van der Waals surface area contributed by atoms with E-state index in [-0.39, 0.29) is 0 Å². The van der Waals surface area contributed by atoms with Crippen LogP contribution in [0.25, 0.3) is 54.6 Å². The van der Waals surface area contributed by atoms with Crippen molar-refractivity contribution in [1.82, 2.24) is 0 Å². The Balaban J connectivity index is 1.62. The molecule has 0 radical (unpaired) electrons. The van der Waals surface area contributed by atoms with Gasteiger partial charge in [-0.2, -0.15) is 0 Å². The molecule has 6 aromatic rings. The standard InChI is InChI=1S/C30H20/c1-2-9-22(10-3-1)30-28-13-7-6-12-26(28)20-27-19-25(16-17-29(27)30)24-15-14-21-8-4-5-11-23(21)18-24/h1-20H. The van der Waals surface area contributed by atoms with E-state index in [0.29, 0.717) is 0 Å². The maximum atomic E-state index is 2.33. The van der Waals surface area contributed by atoms with Gasteiger partial charge in [0, 0.05) is 0 Å². The molecule has 140 valence electrons. The number of fused-ring (bicyclic) bond motifs is 3. The second kappa shape index (κ2) is 6.86. The molecule has 0 nitrogen and oxygen atoms in total. The van der Waals surface area contributed by atoms with Crippen molar-refractivity contribution in [2.75, 3.05) is 0 Å². The summed E-state index contributed by atoms with van der Waals surface area (Å²) in [7, 11) is 0. The topological polar surface area (TPSA) is 0 Å². The van der Waals surface area contributed by atoms with Gasteiger partial charge in [0.1, 0.15) is 0 Å². The van der Waals surface area contributed by atoms with Crippen molar-refractivity contribution in [3.05, 3.63) is 121 Å². The Labute approximate surface area is 176 Å². The highest BCUT2D eigenvalue weighted by Crippen LogP contribution is 2.38. The lowest BCUT2D eigenvalue weighted by atomic mass is 9.90. The van der Waals surface area contributed by atoms with Gasteiger partial charge in [-0.15, -0.1) is 0 Å². The molecule has 30 heavy (non-hydrogen) atoms. The fourth-order valence-corrected chi connectivity index (χ4v) is 4.54. The van der Waals surface area contributed by atoms with Gasteiger partial charge in [0.05, 0.1) is 0 Å². The highest BCUT2D eigenvalue weighted by Gasteiger charge is 2.11. The Bertz CT molecular complexity index is 1520. The quantitative estimate of drug-likeness (QED) is 0.264. The van der Waals surface area contributed by atoms with Gasteiger partial charge in [0.25, 0.3) is 0 Å². The molecule has 0 aliphatic heterocycles. The summed E-state index contributed by atoms with van der Waals surface area (Å²) in [4.78, 5) is 0. The fourth-order valence-electron chi connectivity index (χ4n) is 4.54. The third-order valence-electron chi connectivity index (χ3n) is 6.01. The molecule has 0 atom stereocenters. The summed E-state index contributed by atoms with van der Waals surface area (Å²) in [5.74, 6) is 0. The van der Waals surface area contributed by atoms with Gasteiger partial charge in [0.2, 0.25) is 0 Å². The first-order valence-electron chi connectivity index (χ1n) is 10.4. The zero-order valence-corrected chi connectivity index (χ0v) is 16.5. The Morgan fingerprint density at radius 1 is 0.300 bits per heavy atom. The van der Waals surface area contributed by atoms with E-state index < -0.39 is 0 Å². The maximum Gasteiger partial charge on any atom is -0.00268 e. The minimum absolute atomic E-state index is 1.25. The molecule has 6 aromatic carbocycles. The highest BCUT2D eigenvalue weighted by molar-refractivity contribution is 6.13. The molecule has 0 aromatic heterocycles. The molecule has 0 spiro atoms. The molecule has 0 aliphatic rings. The van der Waals surface area contributed by atoms with Gasteiger partial charge < -0.3 is 0 Å². The van der Waals surface area contributed by atoms with Crippen molar-refractivity contribution in [1.29, 1.82) is 0 Å². The SMILES string of the molecule is c1ccc(-c2c3ccccc3cc3cc(-c4ccc5ccccc5c4)ccc23)cc1. The first-order valence-corrected chi connectivity index (χ1v) is 10.4. The molecule has 0 N–H and O–H groups in total. The molecular formula is C30H20. The normalized spacial score (nSPS) is 11.3. The average Bonchev–Trinajstić information content (AvgIpc) is 2.82. The molecular weight excluding hydrogens is 360 g/mol. The van der Waals surface area contributed by atoms with E-state index in [1.807, 2.05) is 0 Å². The summed E-state index contributed by atoms with van der Waals surface area (Å²) in [6.45, 7) is 0. The van der Waals surface area contributed by atoms with Crippen LogP contribution in [0.15, 0.2) is 121 Å². The van der Waals surface area contributed by atoms with E-state index in [1.165, 1.54) is 54.6 Å². The monoisotopic (exact) mass is 380 g/mol. The fraction of sp³-hybridized carbons (Fsp3) is 0. The summed E-state index contributed by atoms with van der Waals surface area (Å²) in [5, 5.41) is 7.70. The van der Waals surface area contributed by atoms with Crippen LogP contribution in [0, 0.1) is 0 Å². The smallest absolute Gasteiger partial charge is 0.00268 e. The number of rotatable bonds is 2. The largest absolute Gasteiger partial charge is 0.0622 e. The van der Waals surface area contributed by atoms with Crippen LogP contribution in [-0.4, -0.2) is 0 Å². The molecule has 6 rings (SSSR count). The average molecular weight is 380 g/mol. The molecule has 0 fully saturated rings. The van der Waals surface area contributed by atoms with Crippen LogP contribution in [0.3, 0.4) is 0 Å². The van der Waals surface area contributed by atoms with Gasteiger partial charge in [0.15, 0.2) is 0 Å². The summed E-state index contributed by atoms with van der Waals surface area (Å²) >= 11 is 0. The zero-order chi connectivity index (χ0) is 19.9. The van der Waals surface area contributed by atoms with Crippen molar-refractivity contribution >= 4 is 32.3 Å². The minimum atomic E-state index is 1.25. The summed E-state index contributed by atoms with van der Waals surface area (Å²) in [6, 6.07) is 43.9. The van der Waals surface area contributed by atoms with E-state index in [1.54, 1.807) is 0 Å². The second-order valence-corrected chi connectivity index (χ2v) is 7.84. The zero-order valence-electron chi connectivity index (χ0n) is 16.5. The van der Waals surface area contributed by atoms with Crippen LogP contribution < -0.4 is 0 Å². The van der Waals surface area contributed by atoms with Gasteiger partial charge in [-0.1, -0.05) is 103 Å². The summed E-state index contributed by atoms with van der Waals surface area (Å²) in [6.07, 6.45) is 0. The van der Waals surface area contributed by atoms with Gasteiger partial charge >= 0.3 is 0 Å². The van der Waals surface area contributed by atoms with E-state index in [4.69, 9.17) is 0 Å². The first-order chi connectivity index (χ1) is 14.9. The van der Waals surface area contributed by atoms with Crippen LogP contribution in [0.2, 0.25) is 0 Å². The van der Waals surface area contributed by atoms with Crippen molar-refractivity contribution in [3.63, 3.8) is 0 Å². The van der Waals surface area contributed by atoms with Gasteiger partial charge in [-0.25, -0.2) is 0 Å². The Hall–Kier alpha value is -3.90. The van der Waals surface area contributed by atoms with E-state index >= 15 is 0 Å². The predicted molar refractivity (Wildman–Crippen MR) is 130 cm³/mol. The van der Waals surface area contributed by atoms with E-state index in [0.717, 1.165) is 0 Å².